The first-order valence-corrected chi connectivity index (χ1v) is 7.58. The number of rotatable bonds is 5. The summed E-state index contributed by atoms with van der Waals surface area (Å²) in [7, 11) is 0. The number of aromatic nitrogens is 3. The lowest BCUT2D eigenvalue weighted by molar-refractivity contribution is 0.102. The van der Waals surface area contributed by atoms with E-state index in [9.17, 15) is 4.79 Å². The van der Waals surface area contributed by atoms with E-state index in [1.807, 2.05) is 24.3 Å². The maximum atomic E-state index is 12.2. The Kier molecular flexibility index (Phi) is 4.51. The van der Waals surface area contributed by atoms with Gasteiger partial charge in [0.05, 0.1) is 0 Å². The molecule has 0 bridgehead atoms. The molecule has 0 radical (unpaired) electrons. The Bertz CT molecular complexity index is 825. The summed E-state index contributed by atoms with van der Waals surface area (Å²) in [5.74, 6) is 1.40. The average Bonchev–Trinajstić information content (AvgIpc) is 3.01. The first kappa shape index (κ1) is 15.7. The van der Waals surface area contributed by atoms with Crippen LogP contribution in [0.5, 0.6) is 0 Å². The van der Waals surface area contributed by atoms with Crippen molar-refractivity contribution in [2.45, 2.75) is 20.3 Å². The molecule has 1 aromatic carbocycles. The number of nitrogens with zero attached hydrogens (tertiary/aromatic N) is 3. The van der Waals surface area contributed by atoms with Gasteiger partial charge in [0.15, 0.2) is 17.3 Å². The van der Waals surface area contributed by atoms with E-state index in [0.29, 0.717) is 17.4 Å². The maximum Gasteiger partial charge on any atom is 0.276 e. The highest BCUT2D eigenvalue weighted by atomic mass is 16.5. The van der Waals surface area contributed by atoms with E-state index in [2.05, 4.69) is 32.9 Å². The third-order valence-corrected chi connectivity index (χ3v) is 3.40. The van der Waals surface area contributed by atoms with Crippen LogP contribution in [0.1, 0.15) is 28.7 Å². The Balaban J connectivity index is 1.64. The largest absolute Gasteiger partial charge is 0.360 e. The van der Waals surface area contributed by atoms with Crippen molar-refractivity contribution in [3.63, 3.8) is 0 Å². The number of aryl methyl sites for hydroxylation is 2. The summed E-state index contributed by atoms with van der Waals surface area (Å²) in [6.07, 6.45) is 0.958. The molecule has 7 nitrogen and oxygen atoms in total. The summed E-state index contributed by atoms with van der Waals surface area (Å²) < 4.78 is 4.96. The second-order valence-electron chi connectivity index (χ2n) is 5.26. The number of benzene rings is 1. The van der Waals surface area contributed by atoms with Crippen LogP contribution in [-0.2, 0) is 6.42 Å². The van der Waals surface area contributed by atoms with Crippen LogP contribution in [0.2, 0.25) is 0 Å². The first-order chi connectivity index (χ1) is 11.6. The van der Waals surface area contributed by atoms with Crippen molar-refractivity contribution in [1.29, 1.82) is 0 Å². The number of hydrogen-bond donors (Lipinski definition) is 2. The summed E-state index contributed by atoms with van der Waals surface area (Å²) in [6.45, 7) is 3.88. The summed E-state index contributed by atoms with van der Waals surface area (Å²) in [6, 6.07) is 12.7. The molecule has 122 valence electrons. The molecule has 2 N–H and O–H groups in total. The van der Waals surface area contributed by atoms with Crippen molar-refractivity contribution in [3.8, 4) is 0 Å². The minimum absolute atomic E-state index is 0.233. The summed E-state index contributed by atoms with van der Waals surface area (Å²) in [4.78, 5) is 12.2. The molecule has 0 fully saturated rings. The lowest BCUT2D eigenvalue weighted by atomic mass is 10.1. The molecule has 0 atom stereocenters. The lowest BCUT2D eigenvalue weighted by Gasteiger charge is -2.06. The maximum absolute atomic E-state index is 12.2. The molecule has 1 amide bonds. The van der Waals surface area contributed by atoms with Crippen LogP contribution in [-0.4, -0.2) is 21.3 Å². The SMILES string of the molecule is CCc1ccc(NC(=O)c2ccc(Nc3cc(C)on3)nn2)cc1. The minimum Gasteiger partial charge on any atom is -0.360 e. The Hall–Kier alpha value is -3.22. The van der Waals surface area contributed by atoms with E-state index in [1.54, 1.807) is 25.1 Å². The zero-order valence-electron chi connectivity index (χ0n) is 13.4. The highest BCUT2D eigenvalue weighted by Crippen LogP contribution is 2.14. The molecule has 0 aliphatic rings. The van der Waals surface area contributed by atoms with Crippen LogP contribution in [0.25, 0.3) is 0 Å². The third kappa shape index (κ3) is 3.75. The van der Waals surface area contributed by atoms with Gasteiger partial charge < -0.3 is 15.2 Å². The minimum atomic E-state index is -0.310. The fourth-order valence-electron chi connectivity index (χ4n) is 2.10. The molecular weight excluding hydrogens is 306 g/mol. The fourth-order valence-corrected chi connectivity index (χ4v) is 2.10. The van der Waals surface area contributed by atoms with E-state index in [0.717, 1.165) is 12.1 Å². The molecule has 0 saturated carbocycles. The molecule has 0 aliphatic carbocycles. The lowest BCUT2D eigenvalue weighted by Crippen LogP contribution is -2.14. The van der Waals surface area contributed by atoms with Crippen molar-refractivity contribution < 1.29 is 9.32 Å². The van der Waals surface area contributed by atoms with E-state index in [1.165, 1.54) is 5.56 Å². The molecule has 3 rings (SSSR count). The number of anilines is 3. The molecule has 7 heteroatoms. The van der Waals surface area contributed by atoms with Gasteiger partial charge in [-0.1, -0.05) is 24.2 Å². The second-order valence-corrected chi connectivity index (χ2v) is 5.26. The summed E-state index contributed by atoms with van der Waals surface area (Å²) >= 11 is 0. The van der Waals surface area contributed by atoms with Crippen molar-refractivity contribution in [2.24, 2.45) is 0 Å². The molecular formula is C17H17N5O2. The second kappa shape index (κ2) is 6.91. The van der Waals surface area contributed by atoms with Gasteiger partial charge in [0.25, 0.3) is 5.91 Å². The Morgan fingerprint density at radius 3 is 2.46 bits per heavy atom. The number of carbonyl (C=O) groups excluding carboxylic acids is 1. The normalized spacial score (nSPS) is 10.4. The van der Waals surface area contributed by atoms with E-state index >= 15 is 0 Å². The van der Waals surface area contributed by atoms with Gasteiger partial charge >= 0.3 is 0 Å². The average molecular weight is 323 g/mol. The molecule has 24 heavy (non-hydrogen) atoms. The standard InChI is InChI=1S/C17H17N5O2/c1-3-12-4-6-13(7-5-12)18-17(23)14-8-9-15(21-20-14)19-16-10-11(2)24-22-16/h4-10H,3H2,1-2H3,(H,18,23)(H,19,21,22). The van der Waals surface area contributed by atoms with Gasteiger partial charge in [-0.2, -0.15) is 0 Å². The molecule has 0 spiro atoms. The smallest absolute Gasteiger partial charge is 0.276 e. The Morgan fingerprint density at radius 1 is 1.08 bits per heavy atom. The number of carbonyl (C=O) groups is 1. The van der Waals surface area contributed by atoms with E-state index in [4.69, 9.17) is 4.52 Å². The van der Waals surface area contributed by atoms with Crippen LogP contribution >= 0.6 is 0 Å². The predicted molar refractivity (Wildman–Crippen MR) is 90.3 cm³/mol. The van der Waals surface area contributed by atoms with Crippen LogP contribution in [0.15, 0.2) is 47.0 Å². The van der Waals surface area contributed by atoms with Crippen LogP contribution in [0.3, 0.4) is 0 Å². The van der Waals surface area contributed by atoms with Gasteiger partial charge in [-0.25, -0.2) is 0 Å². The van der Waals surface area contributed by atoms with E-state index < -0.39 is 0 Å². The highest BCUT2D eigenvalue weighted by Gasteiger charge is 2.09. The molecule has 0 saturated heterocycles. The fraction of sp³-hybridized carbons (Fsp3) is 0.176. The molecule has 0 aliphatic heterocycles. The predicted octanol–water partition coefficient (Wildman–Crippen LogP) is 3.33. The topological polar surface area (TPSA) is 92.9 Å². The van der Waals surface area contributed by atoms with Crippen LogP contribution < -0.4 is 10.6 Å². The molecule has 3 aromatic rings. The molecule has 0 unspecified atom stereocenters. The van der Waals surface area contributed by atoms with Gasteiger partial charge in [0.2, 0.25) is 0 Å². The van der Waals surface area contributed by atoms with Gasteiger partial charge in [-0.3, -0.25) is 4.79 Å². The first-order valence-electron chi connectivity index (χ1n) is 7.58. The third-order valence-electron chi connectivity index (χ3n) is 3.40. The van der Waals surface area contributed by atoms with E-state index in [-0.39, 0.29) is 11.6 Å². The Labute approximate surface area is 139 Å². The zero-order valence-corrected chi connectivity index (χ0v) is 13.4. The summed E-state index contributed by atoms with van der Waals surface area (Å²) in [5, 5.41) is 17.4. The van der Waals surface area contributed by atoms with Crippen LogP contribution in [0.4, 0.5) is 17.3 Å². The monoisotopic (exact) mass is 323 g/mol. The highest BCUT2D eigenvalue weighted by molar-refractivity contribution is 6.02. The van der Waals surface area contributed by atoms with Gasteiger partial charge in [0.1, 0.15) is 5.76 Å². The van der Waals surface area contributed by atoms with Crippen molar-refractivity contribution in [2.75, 3.05) is 10.6 Å². The number of amides is 1. The summed E-state index contributed by atoms with van der Waals surface area (Å²) in [5.41, 5.74) is 2.17. The van der Waals surface area contributed by atoms with Crippen molar-refractivity contribution >= 4 is 23.2 Å². The van der Waals surface area contributed by atoms with Crippen molar-refractivity contribution in [1.82, 2.24) is 15.4 Å². The van der Waals surface area contributed by atoms with Crippen LogP contribution in [0, 0.1) is 6.92 Å². The Morgan fingerprint density at radius 2 is 1.88 bits per heavy atom. The molecule has 2 heterocycles. The quantitative estimate of drug-likeness (QED) is 0.748. The van der Waals surface area contributed by atoms with Gasteiger partial charge in [0, 0.05) is 11.8 Å². The number of nitrogens with one attached hydrogen (secondary N) is 2. The zero-order chi connectivity index (χ0) is 16.9. The number of hydrogen-bond acceptors (Lipinski definition) is 6. The van der Waals surface area contributed by atoms with Gasteiger partial charge in [-0.15, -0.1) is 10.2 Å². The molecule has 2 aromatic heterocycles. The van der Waals surface area contributed by atoms with Crippen molar-refractivity contribution in [3.05, 3.63) is 59.5 Å². The van der Waals surface area contributed by atoms with Gasteiger partial charge in [-0.05, 0) is 43.2 Å².